The molecule has 134 valence electrons. The Kier molecular flexibility index (Phi) is 6.07. The standard InChI is InChI=1S/C18H23FN4OS/c1-25-18-22-21-16(23(18)15-5-2-3-6-15)7-4-12-20-17(24)13-8-10-14(19)11-9-13/h8-11,15H,2-7,12H2,1H3,(H,20,24). The molecule has 25 heavy (non-hydrogen) atoms. The van der Waals surface area contributed by atoms with Gasteiger partial charge >= 0.3 is 0 Å². The molecule has 1 aliphatic carbocycles. The van der Waals surface area contributed by atoms with Crippen molar-refractivity contribution >= 4 is 17.7 Å². The summed E-state index contributed by atoms with van der Waals surface area (Å²) in [5.41, 5.74) is 0.472. The molecule has 1 amide bonds. The van der Waals surface area contributed by atoms with Gasteiger partial charge in [0.2, 0.25) is 0 Å². The van der Waals surface area contributed by atoms with Gasteiger partial charge in [-0.1, -0.05) is 24.6 Å². The summed E-state index contributed by atoms with van der Waals surface area (Å²) in [5.74, 6) is 0.488. The predicted molar refractivity (Wildman–Crippen MR) is 96.4 cm³/mol. The summed E-state index contributed by atoms with van der Waals surface area (Å²) in [5, 5.41) is 12.5. The Balaban J connectivity index is 1.53. The van der Waals surface area contributed by atoms with E-state index in [0.717, 1.165) is 23.8 Å². The van der Waals surface area contributed by atoms with Gasteiger partial charge in [0, 0.05) is 24.6 Å². The Morgan fingerprint density at radius 3 is 2.68 bits per heavy atom. The van der Waals surface area contributed by atoms with E-state index in [-0.39, 0.29) is 11.7 Å². The van der Waals surface area contributed by atoms with Crippen LogP contribution in [-0.4, -0.2) is 33.5 Å². The van der Waals surface area contributed by atoms with Gasteiger partial charge in [0.1, 0.15) is 11.6 Å². The molecule has 1 aliphatic rings. The quantitative estimate of drug-likeness (QED) is 0.604. The minimum atomic E-state index is -0.340. The second-order valence-electron chi connectivity index (χ2n) is 6.28. The number of aryl methyl sites for hydroxylation is 1. The Morgan fingerprint density at radius 2 is 2.00 bits per heavy atom. The molecule has 0 bridgehead atoms. The molecule has 2 aromatic rings. The molecule has 0 unspecified atom stereocenters. The monoisotopic (exact) mass is 362 g/mol. The van der Waals surface area contributed by atoms with Crippen LogP contribution in [0.1, 0.15) is 54.3 Å². The van der Waals surface area contributed by atoms with Crippen molar-refractivity contribution in [3.8, 4) is 0 Å². The summed E-state index contributed by atoms with van der Waals surface area (Å²) in [7, 11) is 0. The molecular weight excluding hydrogens is 339 g/mol. The first-order valence-corrected chi connectivity index (χ1v) is 9.93. The van der Waals surface area contributed by atoms with Crippen LogP contribution in [-0.2, 0) is 6.42 Å². The van der Waals surface area contributed by atoms with E-state index in [1.165, 1.54) is 49.9 Å². The highest BCUT2D eigenvalue weighted by atomic mass is 32.2. The number of hydrogen-bond acceptors (Lipinski definition) is 4. The first-order chi connectivity index (χ1) is 12.2. The number of aromatic nitrogens is 3. The fraction of sp³-hybridized carbons (Fsp3) is 0.500. The molecule has 1 saturated carbocycles. The first kappa shape index (κ1) is 17.9. The number of nitrogens with one attached hydrogen (secondary N) is 1. The highest BCUT2D eigenvalue weighted by molar-refractivity contribution is 7.98. The summed E-state index contributed by atoms with van der Waals surface area (Å²) in [4.78, 5) is 12.0. The van der Waals surface area contributed by atoms with E-state index in [0.29, 0.717) is 18.2 Å². The number of nitrogens with zero attached hydrogens (tertiary/aromatic N) is 3. The number of hydrogen-bond donors (Lipinski definition) is 1. The van der Waals surface area contributed by atoms with Crippen LogP contribution in [0.25, 0.3) is 0 Å². The maximum Gasteiger partial charge on any atom is 0.251 e. The first-order valence-electron chi connectivity index (χ1n) is 8.70. The zero-order chi connectivity index (χ0) is 17.6. The Hall–Kier alpha value is -1.89. The molecule has 0 saturated heterocycles. The Bertz CT molecular complexity index is 710. The van der Waals surface area contributed by atoms with Crippen molar-refractivity contribution in [1.82, 2.24) is 20.1 Å². The van der Waals surface area contributed by atoms with Crippen LogP contribution in [0, 0.1) is 5.82 Å². The maximum absolute atomic E-state index is 12.9. The fourth-order valence-corrected chi connectivity index (χ4v) is 3.87. The molecule has 1 aromatic carbocycles. The zero-order valence-corrected chi connectivity index (χ0v) is 15.2. The van der Waals surface area contributed by atoms with Crippen LogP contribution in [0.4, 0.5) is 4.39 Å². The van der Waals surface area contributed by atoms with E-state index >= 15 is 0 Å². The Labute approximate surface area is 151 Å². The molecule has 5 nitrogen and oxygen atoms in total. The number of carbonyl (C=O) groups excluding carboxylic acids is 1. The highest BCUT2D eigenvalue weighted by Crippen LogP contribution is 2.33. The van der Waals surface area contributed by atoms with E-state index in [1.807, 2.05) is 6.26 Å². The summed E-state index contributed by atoms with van der Waals surface area (Å²) >= 11 is 1.63. The largest absolute Gasteiger partial charge is 0.352 e. The molecule has 0 atom stereocenters. The van der Waals surface area contributed by atoms with E-state index in [4.69, 9.17) is 0 Å². The Morgan fingerprint density at radius 1 is 1.28 bits per heavy atom. The van der Waals surface area contributed by atoms with Gasteiger partial charge in [0.25, 0.3) is 5.91 Å². The molecule has 1 heterocycles. The van der Waals surface area contributed by atoms with Crippen LogP contribution >= 0.6 is 11.8 Å². The van der Waals surface area contributed by atoms with Crippen molar-refractivity contribution in [1.29, 1.82) is 0 Å². The molecule has 7 heteroatoms. The van der Waals surface area contributed by atoms with Crippen molar-refractivity contribution in [3.63, 3.8) is 0 Å². The lowest BCUT2D eigenvalue weighted by atomic mass is 10.2. The van der Waals surface area contributed by atoms with Gasteiger partial charge in [-0.05, 0) is 49.8 Å². The third kappa shape index (κ3) is 4.39. The zero-order valence-electron chi connectivity index (χ0n) is 14.4. The topological polar surface area (TPSA) is 59.8 Å². The number of thioether (sulfide) groups is 1. The third-order valence-electron chi connectivity index (χ3n) is 4.58. The van der Waals surface area contributed by atoms with Gasteiger partial charge in [-0.3, -0.25) is 4.79 Å². The molecule has 3 rings (SSSR count). The second-order valence-corrected chi connectivity index (χ2v) is 7.05. The van der Waals surface area contributed by atoms with Crippen molar-refractivity contribution in [3.05, 3.63) is 41.5 Å². The minimum Gasteiger partial charge on any atom is -0.352 e. The average molecular weight is 362 g/mol. The number of amides is 1. The number of rotatable bonds is 7. The number of benzene rings is 1. The number of halogens is 1. The summed E-state index contributed by atoms with van der Waals surface area (Å²) < 4.78 is 15.2. The fourth-order valence-electron chi connectivity index (χ4n) is 3.30. The highest BCUT2D eigenvalue weighted by Gasteiger charge is 2.23. The van der Waals surface area contributed by atoms with Crippen molar-refractivity contribution in [2.24, 2.45) is 0 Å². The van der Waals surface area contributed by atoms with E-state index in [9.17, 15) is 9.18 Å². The van der Waals surface area contributed by atoms with Gasteiger partial charge in [-0.15, -0.1) is 10.2 Å². The van der Waals surface area contributed by atoms with Crippen molar-refractivity contribution in [2.45, 2.75) is 49.7 Å². The molecule has 1 aromatic heterocycles. The minimum absolute atomic E-state index is 0.179. The van der Waals surface area contributed by atoms with Gasteiger partial charge in [0.15, 0.2) is 5.16 Å². The number of carbonyl (C=O) groups is 1. The third-order valence-corrected chi connectivity index (χ3v) is 5.22. The van der Waals surface area contributed by atoms with Crippen LogP contribution in [0.15, 0.2) is 29.4 Å². The molecule has 1 N–H and O–H groups in total. The van der Waals surface area contributed by atoms with Crippen molar-refractivity contribution < 1.29 is 9.18 Å². The molecule has 0 radical (unpaired) electrons. The maximum atomic E-state index is 12.9. The lowest BCUT2D eigenvalue weighted by molar-refractivity contribution is 0.0953. The van der Waals surface area contributed by atoms with Gasteiger partial charge in [-0.2, -0.15) is 0 Å². The smallest absolute Gasteiger partial charge is 0.251 e. The van der Waals surface area contributed by atoms with E-state index in [2.05, 4.69) is 20.1 Å². The normalized spacial score (nSPS) is 14.8. The molecular formula is C18H23FN4OS. The van der Waals surface area contributed by atoms with Crippen LogP contribution in [0.3, 0.4) is 0 Å². The van der Waals surface area contributed by atoms with E-state index < -0.39 is 0 Å². The summed E-state index contributed by atoms with van der Waals surface area (Å²) in [6.45, 7) is 0.558. The van der Waals surface area contributed by atoms with Gasteiger partial charge in [0.05, 0.1) is 0 Å². The SMILES string of the molecule is CSc1nnc(CCCNC(=O)c2ccc(F)cc2)n1C1CCCC1. The average Bonchev–Trinajstić information content (AvgIpc) is 3.28. The lowest BCUT2D eigenvalue weighted by Crippen LogP contribution is -2.25. The second kappa shape index (κ2) is 8.47. The molecule has 1 fully saturated rings. The van der Waals surface area contributed by atoms with Gasteiger partial charge in [-0.25, -0.2) is 4.39 Å². The van der Waals surface area contributed by atoms with E-state index in [1.54, 1.807) is 11.8 Å². The predicted octanol–water partition coefficient (Wildman–Crippen LogP) is 3.62. The summed E-state index contributed by atoms with van der Waals surface area (Å²) in [6, 6.07) is 6.09. The lowest BCUT2D eigenvalue weighted by Gasteiger charge is -2.16. The molecule has 0 spiro atoms. The molecule has 0 aliphatic heterocycles. The van der Waals surface area contributed by atoms with Crippen LogP contribution in [0.5, 0.6) is 0 Å². The van der Waals surface area contributed by atoms with Crippen molar-refractivity contribution in [2.75, 3.05) is 12.8 Å². The van der Waals surface area contributed by atoms with Crippen LogP contribution < -0.4 is 5.32 Å². The van der Waals surface area contributed by atoms with Crippen LogP contribution in [0.2, 0.25) is 0 Å². The summed E-state index contributed by atoms with van der Waals surface area (Å²) in [6.07, 6.45) is 8.54. The van der Waals surface area contributed by atoms with Gasteiger partial charge < -0.3 is 9.88 Å².